The van der Waals surface area contributed by atoms with Gasteiger partial charge < -0.3 is 35.1 Å². The number of aromatic hydroxyl groups is 1. The van der Waals surface area contributed by atoms with Gasteiger partial charge in [-0.3, -0.25) is 14.9 Å². The molecule has 0 saturated carbocycles. The first kappa shape index (κ1) is 35.1. The van der Waals surface area contributed by atoms with E-state index in [1.165, 1.54) is 12.1 Å². The number of nitrogens with one attached hydrogen (secondary N) is 3. The number of amides is 2. The third-order valence-electron chi connectivity index (χ3n) is 10.00. The van der Waals surface area contributed by atoms with Crippen LogP contribution in [0.2, 0.25) is 0 Å². The fraction of sp³-hybridized carbons (Fsp3) is 0.410. The highest BCUT2D eigenvalue weighted by Gasteiger charge is 2.26. The van der Waals surface area contributed by atoms with E-state index in [0.717, 1.165) is 81.6 Å². The Balaban J connectivity index is 0.846. The van der Waals surface area contributed by atoms with Crippen molar-refractivity contribution in [2.45, 2.75) is 50.7 Å². The summed E-state index contributed by atoms with van der Waals surface area (Å²) in [5, 5.41) is 27.8. The van der Waals surface area contributed by atoms with Crippen molar-refractivity contribution < 1.29 is 24.5 Å². The van der Waals surface area contributed by atoms with Gasteiger partial charge in [-0.25, -0.2) is 4.79 Å². The van der Waals surface area contributed by atoms with Crippen LogP contribution in [0, 0.1) is 5.92 Å². The normalized spacial score (nSPS) is 16.7. The van der Waals surface area contributed by atoms with Gasteiger partial charge in [-0.2, -0.15) is 0 Å². The maximum atomic E-state index is 13.0. The van der Waals surface area contributed by atoms with Crippen molar-refractivity contribution in [2.24, 2.45) is 5.92 Å². The van der Waals surface area contributed by atoms with Crippen molar-refractivity contribution in [3.8, 4) is 16.9 Å². The number of hydrogen-bond acceptors (Lipinski definition) is 8. The number of ether oxygens (including phenoxy) is 1. The number of rotatable bonds is 12. The van der Waals surface area contributed by atoms with Crippen LogP contribution in [0.5, 0.6) is 5.75 Å². The highest BCUT2D eigenvalue weighted by Crippen LogP contribution is 2.30. The number of phenolic OH excluding ortho intramolecular Hbond substituents is 1. The molecule has 0 radical (unpaired) electrons. The minimum absolute atomic E-state index is 0.0261. The molecule has 3 aromatic carbocycles. The number of fused-ring (bicyclic) bond motifs is 1. The van der Waals surface area contributed by atoms with Crippen LogP contribution in [-0.4, -0.2) is 88.9 Å². The Morgan fingerprint density at radius 1 is 0.900 bits per heavy atom. The van der Waals surface area contributed by atoms with Gasteiger partial charge in [0.15, 0.2) is 0 Å². The summed E-state index contributed by atoms with van der Waals surface area (Å²) in [4.78, 5) is 44.3. The first-order chi connectivity index (χ1) is 24.3. The van der Waals surface area contributed by atoms with Gasteiger partial charge in [-0.05, 0) is 73.9 Å². The van der Waals surface area contributed by atoms with Gasteiger partial charge >= 0.3 is 6.09 Å². The van der Waals surface area contributed by atoms with E-state index < -0.39 is 12.2 Å². The highest BCUT2D eigenvalue weighted by atomic mass is 16.6. The second-order valence-corrected chi connectivity index (χ2v) is 13.4. The van der Waals surface area contributed by atoms with Crippen LogP contribution in [0.25, 0.3) is 22.0 Å². The molecule has 4 aromatic rings. The molecule has 0 aliphatic carbocycles. The van der Waals surface area contributed by atoms with Crippen molar-refractivity contribution in [2.75, 3.05) is 51.1 Å². The van der Waals surface area contributed by atoms with Gasteiger partial charge in [-0.1, -0.05) is 54.6 Å². The molecule has 2 aliphatic heterocycles. The van der Waals surface area contributed by atoms with E-state index in [2.05, 4.69) is 20.5 Å². The molecule has 5 N–H and O–H groups in total. The summed E-state index contributed by atoms with van der Waals surface area (Å²) < 4.78 is 5.77. The molecule has 0 bridgehead atoms. The third-order valence-corrected chi connectivity index (χ3v) is 10.00. The van der Waals surface area contributed by atoms with E-state index in [9.17, 15) is 24.6 Å². The molecule has 11 heteroatoms. The van der Waals surface area contributed by atoms with E-state index in [1.54, 1.807) is 12.1 Å². The van der Waals surface area contributed by atoms with Crippen LogP contribution < -0.4 is 16.2 Å². The number of H-pyrrole nitrogens is 1. The summed E-state index contributed by atoms with van der Waals surface area (Å²) in [7, 11) is 0. The van der Waals surface area contributed by atoms with Crippen molar-refractivity contribution in [3.63, 3.8) is 0 Å². The Labute approximate surface area is 292 Å². The molecule has 0 spiro atoms. The van der Waals surface area contributed by atoms with Crippen LogP contribution in [0.3, 0.4) is 0 Å². The Bertz CT molecular complexity index is 1800. The molecule has 11 nitrogen and oxygen atoms in total. The number of benzene rings is 3. The number of anilines is 1. The summed E-state index contributed by atoms with van der Waals surface area (Å²) >= 11 is 0. The molecule has 2 amide bonds. The predicted octanol–water partition coefficient (Wildman–Crippen LogP) is 5.26. The van der Waals surface area contributed by atoms with Crippen molar-refractivity contribution in [1.29, 1.82) is 0 Å². The van der Waals surface area contributed by atoms with E-state index >= 15 is 0 Å². The molecule has 0 unspecified atom stereocenters. The molecule has 2 saturated heterocycles. The van der Waals surface area contributed by atoms with Crippen LogP contribution in [-0.2, 0) is 9.53 Å². The molecule has 264 valence electrons. The quantitative estimate of drug-likeness (QED) is 0.127. The number of aromatic nitrogens is 1. The number of aliphatic hydroxyl groups is 1. The molecular weight excluding hydrogens is 634 g/mol. The lowest BCUT2D eigenvalue weighted by Gasteiger charge is -2.34. The lowest BCUT2D eigenvalue weighted by Crippen LogP contribution is -2.42. The fourth-order valence-corrected chi connectivity index (χ4v) is 7.09. The SMILES string of the molecule is O=C(Nc1ccccc1-c1ccccc1)OC1CCN(CCC(=O)N2CCC(CCNC[C@H](O)c3ccc(O)c4[nH]c(=O)ccc34)CC2)CC1. The molecular formula is C39H47N5O6. The third kappa shape index (κ3) is 9.09. The molecule has 1 aromatic heterocycles. The number of phenols is 1. The van der Waals surface area contributed by atoms with Gasteiger partial charge in [-0.15, -0.1) is 0 Å². The maximum Gasteiger partial charge on any atom is 0.411 e. The lowest BCUT2D eigenvalue weighted by molar-refractivity contribution is -0.133. The second kappa shape index (κ2) is 16.8. The van der Waals surface area contributed by atoms with E-state index in [0.29, 0.717) is 41.9 Å². The molecule has 3 heterocycles. The molecule has 1 atom stereocenters. The number of hydrogen-bond donors (Lipinski definition) is 5. The first-order valence-corrected chi connectivity index (χ1v) is 17.7. The minimum atomic E-state index is -0.783. The van der Waals surface area contributed by atoms with Crippen molar-refractivity contribution >= 4 is 28.6 Å². The minimum Gasteiger partial charge on any atom is -0.506 e. The average molecular weight is 682 g/mol. The standard InChI is InChI=1S/C39H47N5O6/c45-34-12-10-31(32-11-13-36(47)42-38(32)34)35(46)26-40-20-14-27-15-24-44(25-16-27)37(48)19-23-43-21-17-29(18-22-43)50-39(49)41-33-9-5-4-8-30(33)28-6-2-1-3-7-28/h1-13,27,29,35,40,45-46H,14-26H2,(H,41,49)(H,42,47)/t35-/m0/s1. The lowest BCUT2D eigenvalue weighted by atomic mass is 9.93. The number of piperidine rings is 2. The van der Waals surface area contributed by atoms with Crippen molar-refractivity contribution in [1.82, 2.24) is 20.1 Å². The number of nitrogens with zero attached hydrogens (tertiary/aromatic N) is 2. The zero-order chi connectivity index (χ0) is 34.9. The molecule has 50 heavy (non-hydrogen) atoms. The average Bonchev–Trinajstić information content (AvgIpc) is 3.14. The summed E-state index contributed by atoms with van der Waals surface area (Å²) in [6, 6.07) is 23.8. The topological polar surface area (TPSA) is 147 Å². The Morgan fingerprint density at radius 2 is 1.64 bits per heavy atom. The summed E-state index contributed by atoms with van der Waals surface area (Å²) in [6.07, 6.45) is 3.49. The zero-order valence-corrected chi connectivity index (χ0v) is 28.4. The monoisotopic (exact) mass is 681 g/mol. The predicted molar refractivity (Wildman–Crippen MR) is 194 cm³/mol. The van der Waals surface area contributed by atoms with Crippen molar-refractivity contribution in [3.05, 3.63) is 94.8 Å². The highest BCUT2D eigenvalue weighted by molar-refractivity contribution is 5.91. The van der Waals surface area contributed by atoms with E-state index in [-0.39, 0.29) is 23.3 Å². The van der Waals surface area contributed by atoms with Gasteiger partial charge in [0.1, 0.15) is 11.9 Å². The number of carbonyl (C=O) groups excluding carboxylic acids is 2. The fourth-order valence-electron chi connectivity index (χ4n) is 7.09. The summed E-state index contributed by atoms with van der Waals surface area (Å²) in [5.74, 6) is 0.690. The van der Waals surface area contributed by atoms with Gasteiger partial charge in [0.05, 0.1) is 17.3 Å². The Morgan fingerprint density at radius 3 is 2.42 bits per heavy atom. The first-order valence-electron chi connectivity index (χ1n) is 17.7. The van der Waals surface area contributed by atoms with Crippen LogP contribution >= 0.6 is 0 Å². The Kier molecular flexibility index (Phi) is 11.8. The number of para-hydroxylation sites is 1. The number of aliphatic hydroxyl groups excluding tert-OH is 1. The number of carbonyl (C=O) groups is 2. The van der Waals surface area contributed by atoms with Crippen LogP contribution in [0.1, 0.15) is 50.2 Å². The van der Waals surface area contributed by atoms with Crippen LogP contribution in [0.15, 0.2) is 83.7 Å². The number of pyridine rings is 1. The van der Waals surface area contributed by atoms with Gasteiger partial charge in [0.2, 0.25) is 11.5 Å². The second-order valence-electron chi connectivity index (χ2n) is 13.4. The molecule has 2 fully saturated rings. The molecule has 6 rings (SSSR count). The van der Waals surface area contributed by atoms with E-state index in [4.69, 9.17) is 4.74 Å². The van der Waals surface area contributed by atoms with E-state index in [1.807, 2.05) is 59.5 Å². The van der Waals surface area contributed by atoms with Gasteiger partial charge in [0.25, 0.3) is 0 Å². The molecule has 2 aliphatic rings. The number of aromatic amines is 1. The summed E-state index contributed by atoms with van der Waals surface area (Å²) in [6.45, 7) is 4.93. The maximum absolute atomic E-state index is 13.0. The van der Waals surface area contributed by atoms with Gasteiger partial charge in [0, 0.05) is 62.7 Å². The number of likely N-dealkylation sites (tertiary alicyclic amines) is 2. The smallest absolute Gasteiger partial charge is 0.411 e. The zero-order valence-electron chi connectivity index (χ0n) is 28.4. The van der Waals surface area contributed by atoms with Crippen LogP contribution in [0.4, 0.5) is 10.5 Å². The Hall–Kier alpha value is -4.71. The summed E-state index contributed by atoms with van der Waals surface area (Å²) in [5.41, 5.74) is 3.36. The largest absolute Gasteiger partial charge is 0.506 e.